The van der Waals surface area contributed by atoms with Crippen molar-refractivity contribution in [1.82, 2.24) is 0 Å². The van der Waals surface area contributed by atoms with E-state index in [4.69, 9.17) is 14.2 Å². The molecule has 116 valence electrons. The molecule has 0 saturated heterocycles. The van der Waals surface area contributed by atoms with Crippen LogP contribution in [0.5, 0.6) is 11.5 Å². The lowest BCUT2D eigenvalue weighted by Crippen LogP contribution is -2.27. The number of rotatable bonds is 7. The molecule has 0 spiro atoms. The van der Waals surface area contributed by atoms with E-state index in [2.05, 4.69) is 0 Å². The lowest BCUT2D eigenvalue weighted by atomic mass is 10.2. The normalized spacial score (nSPS) is 11.5. The molecule has 0 aliphatic carbocycles. The number of methoxy groups -OCH3 is 1. The Kier molecular flexibility index (Phi) is 5.83. The number of benzene rings is 2. The molecule has 0 unspecified atom stereocenters. The van der Waals surface area contributed by atoms with Crippen molar-refractivity contribution in [2.24, 2.45) is 0 Å². The highest BCUT2D eigenvalue weighted by atomic mass is 16.6. The van der Waals surface area contributed by atoms with Gasteiger partial charge in [0, 0.05) is 0 Å². The molecule has 22 heavy (non-hydrogen) atoms. The highest BCUT2D eigenvalue weighted by Gasteiger charge is 2.18. The molecule has 0 radical (unpaired) electrons. The predicted molar refractivity (Wildman–Crippen MR) is 83.9 cm³/mol. The fourth-order valence-electron chi connectivity index (χ4n) is 1.95. The Labute approximate surface area is 130 Å². The number of ether oxygens (including phenoxy) is 3. The van der Waals surface area contributed by atoms with Crippen molar-refractivity contribution in [3.8, 4) is 11.5 Å². The van der Waals surface area contributed by atoms with Crippen LogP contribution in [0.4, 0.5) is 0 Å². The molecule has 0 saturated carbocycles. The van der Waals surface area contributed by atoms with Gasteiger partial charge in [-0.3, -0.25) is 0 Å². The van der Waals surface area contributed by atoms with Crippen LogP contribution in [0.25, 0.3) is 0 Å². The molecule has 4 nitrogen and oxygen atoms in total. The van der Waals surface area contributed by atoms with E-state index in [-0.39, 0.29) is 5.97 Å². The molecular weight excluding hydrogens is 280 g/mol. The van der Waals surface area contributed by atoms with Crippen molar-refractivity contribution < 1.29 is 19.0 Å². The van der Waals surface area contributed by atoms with Crippen LogP contribution >= 0.6 is 0 Å². The fourth-order valence-corrected chi connectivity index (χ4v) is 1.95. The van der Waals surface area contributed by atoms with E-state index < -0.39 is 6.10 Å². The Hall–Kier alpha value is -2.49. The van der Waals surface area contributed by atoms with Gasteiger partial charge in [0.25, 0.3) is 0 Å². The predicted octanol–water partition coefficient (Wildman–Crippen LogP) is 3.60. The maximum Gasteiger partial charge on any atom is 0.347 e. The first-order valence-electron chi connectivity index (χ1n) is 7.24. The van der Waals surface area contributed by atoms with E-state index in [0.29, 0.717) is 18.8 Å². The molecule has 2 rings (SSSR count). The van der Waals surface area contributed by atoms with Gasteiger partial charge in [0.05, 0.1) is 7.11 Å². The number of esters is 1. The molecular formula is C18H20O4. The first kappa shape index (κ1) is 15.9. The summed E-state index contributed by atoms with van der Waals surface area (Å²) in [5, 5.41) is 0. The monoisotopic (exact) mass is 300 g/mol. The van der Waals surface area contributed by atoms with Gasteiger partial charge in [0.2, 0.25) is 0 Å². The van der Waals surface area contributed by atoms with Crippen LogP contribution in [0.2, 0.25) is 0 Å². The molecule has 0 amide bonds. The zero-order valence-electron chi connectivity index (χ0n) is 12.8. The Morgan fingerprint density at radius 3 is 2.23 bits per heavy atom. The van der Waals surface area contributed by atoms with Crippen LogP contribution in [-0.2, 0) is 16.1 Å². The largest absolute Gasteiger partial charge is 0.489 e. The van der Waals surface area contributed by atoms with Gasteiger partial charge in [-0.05, 0) is 36.2 Å². The van der Waals surface area contributed by atoms with E-state index in [1.165, 1.54) is 7.11 Å². The molecule has 2 aromatic carbocycles. The zero-order chi connectivity index (χ0) is 15.8. The highest BCUT2D eigenvalue weighted by molar-refractivity contribution is 5.74. The minimum Gasteiger partial charge on any atom is -0.489 e. The molecule has 0 heterocycles. The number of carbonyl (C=O) groups is 1. The minimum atomic E-state index is -0.582. The van der Waals surface area contributed by atoms with Crippen molar-refractivity contribution >= 4 is 5.97 Å². The van der Waals surface area contributed by atoms with E-state index >= 15 is 0 Å². The van der Waals surface area contributed by atoms with E-state index in [1.54, 1.807) is 12.1 Å². The van der Waals surface area contributed by atoms with Crippen LogP contribution < -0.4 is 9.47 Å². The maximum atomic E-state index is 11.5. The molecule has 4 heteroatoms. The summed E-state index contributed by atoms with van der Waals surface area (Å²) in [6.45, 7) is 2.39. The van der Waals surface area contributed by atoms with Gasteiger partial charge in [-0.1, -0.05) is 37.3 Å². The first-order valence-corrected chi connectivity index (χ1v) is 7.24. The molecule has 0 aromatic heterocycles. The van der Waals surface area contributed by atoms with Crippen LogP contribution in [0, 0.1) is 0 Å². The summed E-state index contributed by atoms with van der Waals surface area (Å²) in [5.74, 6) is 0.999. The Bertz CT molecular complexity index is 578. The molecule has 1 atom stereocenters. The SMILES string of the molecule is CC[C@H](Oc1ccc(OCc2ccccc2)cc1)C(=O)OC. The molecule has 0 fully saturated rings. The van der Waals surface area contributed by atoms with E-state index in [9.17, 15) is 4.79 Å². The Morgan fingerprint density at radius 1 is 1.00 bits per heavy atom. The quantitative estimate of drug-likeness (QED) is 0.733. The molecule has 2 aromatic rings. The summed E-state index contributed by atoms with van der Waals surface area (Å²) in [7, 11) is 1.36. The number of hydrogen-bond donors (Lipinski definition) is 0. The third-order valence-corrected chi connectivity index (χ3v) is 3.19. The number of carbonyl (C=O) groups excluding carboxylic acids is 1. The minimum absolute atomic E-state index is 0.369. The third-order valence-electron chi connectivity index (χ3n) is 3.19. The van der Waals surface area contributed by atoms with Gasteiger partial charge in [-0.25, -0.2) is 4.79 Å². The second-order valence-corrected chi connectivity index (χ2v) is 4.78. The average Bonchev–Trinajstić information content (AvgIpc) is 2.59. The molecule has 0 N–H and O–H groups in total. The van der Waals surface area contributed by atoms with Crippen LogP contribution in [0.15, 0.2) is 54.6 Å². The summed E-state index contributed by atoms with van der Waals surface area (Å²) in [6.07, 6.45) is -0.0278. The van der Waals surface area contributed by atoms with Crippen LogP contribution in [0.1, 0.15) is 18.9 Å². The summed E-state index contributed by atoms with van der Waals surface area (Å²) in [5.41, 5.74) is 1.11. The van der Waals surface area contributed by atoms with Crippen molar-refractivity contribution in [2.45, 2.75) is 26.1 Å². The molecule has 0 aliphatic heterocycles. The second-order valence-electron chi connectivity index (χ2n) is 4.78. The van der Waals surface area contributed by atoms with E-state index in [1.807, 2.05) is 49.4 Å². The van der Waals surface area contributed by atoms with Crippen molar-refractivity contribution in [3.63, 3.8) is 0 Å². The van der Waals surface area contributed by atoms with Crippen LogP contribution in [-0.4, -0.2) is 19.2 Å². The van der Waals surface area contributed by atoms with Gasteiger partial charge in [-0.2, -0.15) is 0 Å². The average molecular weight is 300 g/mol. The highest BCUT2D eigenvalue weighted by Crippen LogP contribution is 2.20. The topological polar surface area (TPSA) is 44.8 Å². The third kappa shape index (κ3) is 4.52. The maximum absolute atomic E-state index is 11.5. The van der Waals surface area contributed by atoms with Crippen molar-refractivity contribution in [1.29, 1.82) is 0 Å². The second kappa shape index (κ2) is 8.08. The van der Waals surface area contributed by atoms with Gasteiger partial charge in [0.15, 0.2) is 6.10 Å². The van der Waals surface area contributed by atoms with Crippen molar-refractivity contribution in [3.05, 3.63) is 60.2 Å². The van der Waals surface area contributed by atoms with Gasteiger partial charge < -0.3 is 14.2 Å². The Balaban J connectivity index is 1.91. The Morgan fingerprint density at radius 2 is 1.64 bits per heavy atom. The zero-order valence-corrected chi connectivity index (χ0v) is 12.8. The summed E-state index contributed by atoms with van der Waals surface area (Å²) >= 11 is 0. The smallest absolute Gasteiger partial charge is 0.347 e. The molecule has 0 bridgehead atoms. The van der Waals surface area contributed by atoms with Gasteiger partial charge in [-0.15, -0.1) is 0 Å². The van der Waals surface area contributed by atoms with Crippen molar-refractivity contribution in [2.75, 3.05) is 7.11 Å². The first-order chi connectivity index (χ1) is 10.7. The summed E-state index contributed by atoms with van der Waals surface area (Å²) in [4.78, 5) is 11.5. The van der Waals surface area contributed by atoms with E-state index in [0.717, 1.165) is 11.3 Å². The fraction of sp³-hybridized carbons (Fsp3) is 0.278. The standard InChI is InChI=1S/C18H20O4/c1-3-17(18(19)20-2)22-16-11-9-15(10-12-16)21-13-14-7-5-4-6-8-14/h4-12,17H,3,13H2,1-2H3/t17-/m0/s1. The molecule has 0 aliphatic rings. The summed E-state index contributed by atoms with van der Waals surface area (Å²) < 4.78 is 16.0. The lowest BCUT2D eigenvalue weighted by Gasteiger charge is -2.15. The summed E-state index contributed by atoms with van der Waals surface area (Å²) in [6, 6.07) is 17.2. The van der Waals surface area contributed by atoms with Crippen LogP contribution in [0.3, 0.4) is 0 Å². The van der Waals surface area contributed by atoms with Gasteiger partial charge in [0.1, 0.15) is 18.1 Å². The van der Waals surface area contributed by atoms with Gasteiger partial charge >= 0.3 is 5.97 Å². The number of hydrogen-bond acceptors (Lipinski definition) is 4. The lowest BCUT2D eigenvalue weighted by molar-refractivity contribution is -0.148.